The molecular formula is C17H20F3NO3. The van der Waals surface area contributed by atoms with E-state index in [1.165, 1.54) is 12.1 Å². The molecule has 1 unspecified atom stereocenters. The predicted octanol–water partition coefficient (Wildman–Crippen LogP) is 3.83. The number of carboxylic acids is 1. The molecule has 1 aliphatic heterocycles. The number of aliphatic carboxylic acids is 1. The van der Waals surface area contributed by atoms with Gasteiger partial charge in [0.15, 0.2) is 0 Å². The second kappa shape index (κ2) is 5.95. The van der Waals surface area contributed by atoms with E-state index in [4.69, 9.17) is 0 Å². The normalized spacial score (nSPS) is 28.6. The van der Waals surface area contributed by atoms with Gasteiger partial charge in [0, 0.05) is 19.1 Å². The molecule has 7 heteroatoms. The number of nitrogens with zero attached hydrogens (tertiary/aromatic N) is 1. The highest BCUT2D eigenvalue weighted by molar-refractivity contribution is 5.76. The van der Waals surface area contributed by atoms with Gasteiger partial charge in [0.2, 0.25) is 0 Å². The highest BCUT2D eigenvalue weighted by atomic mass is 19.4. The molecule has 0 bridgehead atoms. The van der Waals surface area contributed by atoms with E-state index in [0.29, 0.717) is 19.5 Å². The largest absolute Gasteiger partial charge is 0.573 e. The fourth-order valence-corrected chi connectivity index (χ4v) is 4.13. The lowest BCUT2D eigenvalue weighted by atomic mass is 9.81. The van der Waals surface area contributed by atoms with Gasteiger partial charge in [-0.1, -0.05) is 18.6 Å². The lowest BCUT2D eigenvalue weighted by molar-refractivity contribution is -0.274. The Kier molecular flexibility index (Phi) is 4.23. The Hall–Kier alpha value is -1.76. The molecule has 1 aromatic rings. The van der Waals surface area contributed by atoms with Crippen LogP contribution < -0.4 is 4.74 Å². The molecule has 0 spiro atoms. The summed E-state index contributed by atoms with van der Waals surface area (Å²) >= 11 is 0. The number of rotatable bonds is 4. The van der Waals surface area contributed by atoms with Gasteiger partial charge in [0.1, 0.15) is 5.75 Å². The fourth-order valence-electron chi connectivity index (χ4n) is 4.13. The quantitative estimate of drug-likeness (QED) is 0.903. The van der Waals surface area contributed by atoms with E-state index < -0.39 is 17.7 Å². The van der Waals surface area contributed by atoms with Gasteiger partial charge in [-0.2, -0.15) is 0 Å². The summed E-state index contributed by atoms with van der Waals surface area (Å²) in [4.78, 5) is 13.9. The summed E-state index contributed by atoms with van der Waals surface area (Å²) < 4.78 is 40.5. The summed E-state index contributed by atoms with van der Waals surface area (Å²) in [5, 5.41) is 9.64. The SMILES string of the molecule is CC(c1ccc(OC(F)(F)F)cc1)N1C[C@@H]2CCC[C@@]2(C(=O)O)C1. The summed E-state index contributed by atoms with van der Waals surface area (Å²) in [5.41, 5.74) is 0.193. The molecule has 2 fully saturated rings. The molecular weight excluding hydrogens is 323 g/mol. The molecule has 0 radical (unpaired) electrons. The van der Waals surface area contributed by atoms with Crippen LogP contribution in [0.4, 0.5) is 13.2 Å². The lowest BCUT2D eigenvalue weighted by Crippen LogP contribution is -2.36. The number of benzene rings is 1. The zero-order valence-electron chi connectivity index (χ0n) is 13.3. The van der Waals surface area contributed by atoms with Gasteiger partial charge >= 0.3 is 12.3 Å². The van der Waals surface area contributed by atoms with Crippen molar-refractivity contribution in [3.8, 4) is 5.75 Å². The first-order chi connectivity index (χ1) is 11.2. The van der Waals surface area contributed by atoms with Crippen LogP contribution >= 0.6 is 0 Å². The molecule has 1 saturated heterocycles. The average Bonchev–Trinajstić information content (AvgIpc) is 3.03. The molecule has 4 nitrogen and oxygen atoms in total. The van der Waals surface area contributed by atoms with Crippen LogP contribution in [-0.2, 0) is 4.79 Å². The van der Waals surface area contributed by atoms with Crippen LogP contribution in [0, 0.1) is 11.3 Å². The standard InChI is InChI=1S/C17H20F3NO3/c1-11(12-4-6-14(7-5-12)24-17(18,19)20)21-9-13-3-2-8-16(13,10-21)15(22)23/h4-7,11,13H,2-3,8-10H2,1H3,(H,22,23)/t11?,13-,16+/m0/s1. The number of hydrogen-bond acceptors (Lipinski definition) is 3. The number of likely N-dealkylation sites (tertiary alicyclic amines) is 1. The highest BCUT2D eigenvalue weighted by Crippen LogP contribution is 2.50. The Bertz CT molecular complexity index is 617. The highest BCUT2D eigenvalue weighted by Gasteiger charge is 2.55. The molecule has 24 heavy (non-hydrogen) atoms. The first-order valence-electron chi connectivity index (χ1n) is 8.04. The Morgan fingerprint density at radius 3 is 2.58 bits per heavy atom. The smallest absolute Gasteiger partial charge is 0.481 e. The minimum atomic E-state index is -4.70. The fraction of sp³-hybridized carbons (Fsp3) is 0.588. The van der Waals surface area contributed by atoms with Crippen molar-refractivity contribution in [1.82, 2.24) is 4.90 Å². The first kappa shape index (κ1) is 17.1. The van der Waals surface area contributed by atoms with Gasteiger partial charge in [-0.3, -0.25) is 9.69 Å². The molecule has 1 aliphatic carbocycles. The van der Waals surface area contributed by atoms with Crippen molar-refractivity contribution >= 4 is 5.97 Å². The number of halogens is 3. The van der Waals surface area contributed by atoms with E-state index in [0.717, 1.165) is 18.4 Å². The molecule has 3 atom stereocenters. The van der Waals surface area contributed by atoms with Crippen molar-refractivity contribution < 1.29 is 27.8 Å². The van der Waals surface area contributed by atoms with Crippen molar-refractivity contribution in [2.24, 2.45) is 11.3 Å². The van der Waals surface area contributed by atoms with Crippen LogP contribution in [0.3, 0.4) is 0 Å². The van der Waals surface area contributed by atoms with Gasteiger partial charge in [0.25, 0.3) is 0 Å². The van der Waals surface area contributed by atoms with Crippen molar-refractivity contribution in [1.29, 1.82) is 0 Å². The summed E-state index contributed by atoms with van der Waals surface area (Å²) in [6.45, 7) is 3.17. The number of alkyl halides is 3. The zero-order chi connectivity index (χ0) is 17.5. The zero-order valence-corrected chi connectivity index (χ0v) is 13.3. The first-order valence-corrected chi connectivity index (χ1v) is 8.04. The monoisotopic (exact) mass is 343 g/mol. The van der Waals surface area contributed by atoms with Crippen LogP contribution in [0.1, 0.15) is 37.8 Å². The molecule has 1 saturated carbocycles. The number of fused-ring (bicyclic) bond motifs is 1. The third kappa shape index (κ3) is 3.09. The van der Waals surface area contributed by atoms with Gasteiger partial charge in [0.05, 0.1) is 5.41 Å². The summed E-state index contributed by atoms with van der Waals surface area (Å²) in [5.74, 6) is -0.822. The van der Waals surface area contributed by atoms with Crippen molar-refractivity contribution in [2.45, 2.75) is 38.6 Å². The second-order valence-corrected chi connectivity index (χ2v) is 6.77. The Balaban J connectivity index is 1.71. The minimum Gasteiger partial charge on any atom is -0.481 e. The summed E-state index contributed by atoms with van der Waals surface area (Å²) in [7, 11) is 0. The summed E-state index contributed by atoms with van der Waals surface area (Å²) in [6.07, 6.45) is -2.13. The molecule has 3 rings (SSSR count). The molecule has 1 heterocycles. The van der Waals surface area contributed by atoms with Crippen LogP contribution in [0.15, 0.2) is 24.3 Å². The third-order valence-corrected chi connectivity index (χ3v) is 5.47. The van der Waals surface area contributed by atoms with Crippen LogP contribution in [-0.4, -0.2) is 35.4 Å². The van der Waals surface area contributed by atoms with E-state index in [2.05, 4.69) is 9.64 Å². The maximum atomic E-state index is 12.2. The van der Waals surface area contributed by atoms with Gasteiger partial charge < -0.3 is 9.84 Å². The third-order valence-electron chi connectivity index (χ3n) is 5.47. The second-order valence-electron chi connectivity index (χ2n) is 6.77. The molecule has 2 aliphatic rings. The van der Waals surface area contributed by atoms with Gasteiger partial charge in [-0.25, -0.2) is 0 Å². The van der Waals surface area contributed by atoms with E-state index in [-0.39, 0.29) is 17.7 Å². The maximum Gasteiger partial charge on any atom is 0.573 e. The molecule has 0 amide bonds. The molecule has 1 aromatic carbocycles. The Morgan fingerprint density at radius 2 is 2.04 bits per heavy atom. The van der Waals surface area contributed by atoms with E-state index in [1.54, 1.807) is 12.1 Å². The predicted molar refractivity (Wildman–Crippen MR) is 80.5 cm³/mol. The van der Waals surface area contributed by atoms with E-state index >= 15 is 0 Å². The number of carboxylic acid groups (broad SMARTS) is 1. The van der Waals surface area contributed by atoms with E-state index in [9.17, 15) is 23.1 Å². The van der Waals surface area contributed by atoms with Crippen molar-refractivity contribution in [3.05, 3.63) is 29.8 Å². The average molecular weight is 343 g/mol. The lowest BCUT2D eigenvalue weighted by Gasteiger charge is -2.27. The van der Waals surface area contributed by atoms with Crippen molar-refractivity contribution in [2.75, 3.05) is 13.1 Å². The maximum absolute atomic E-state index is 12.2. The van der Waals surface area contributed by atoms with Gasteiger partial charge in [-0.15, -0.1) is 13.2 Å². The van der Waals surface area contributed by atoms with Crippen molar-refractivity contribution in [3.63, 3.8) is 0 Å². The van der Waals surface area contributed by atoms with E-state index in [1.807, 2.05) is 6.92 Å². The number of ether oxygens (including phenoxy) is 1. The van der Waals surface area contributed by atoms with Crippen LogP contribution in [0.25, 0.3) is 0 Å². The van der Waals surface area contributed by atoms with Crippen LogP contribution in [0.5, 0.6) is 5.75 Å². The Labute approximate surface area is 138 Å². The Morgan fingerprint density at radius 1 is 1.38 bits per heavy atom. The number of hydrogen-bond donors (Lipinski definition) is 1. The topological polar surface area (TPSA) is 49.8 Å². The minimum absolute atomic E-state index is 0.0493. The van der Waals surface area contributed by atoms with Crippen LogP contribution in [0.2, 0.25) is 0 Å². The molecule has 132 valence electrons. The number of carbonyl (C=O) groups is 1. The van der Waals surface area contributed by atoms with Gasteiger partial charge in [-0.05, 0) is 43.4 Å². The molecule has 1 N–H and O–H groups in total. The summed E-state index contributed by atoms with van der Waals surface area (Å²) in [6, 6.07) is 5.75. The molecule has 0 aromatic heterocycles.